The number of unbranched alkanes of at least 4 members (excludes halogenated alkanes) is 4. The maximum Gasteiger partial charge on any atom is 0.332 e. The Hall–Kier alpha value is -0.830. The first-order chi connectivity index (χ1) is 8.72. The summed E-state index contributed by atoms with van der Waals surface area (Å²) in [6.45, 7) is 4.75. The first-order valence-electron chi connectivity index (χ1n) is 7.21. The van der Waals surface area contributed by atoms with Gasteiger partial charge in [-0.15, -0.1) is 0 Å². The monoisotopic (exact) mass is 256 g/mol. The molecular weight excluding hydrogens is 228 g/mol. The lowest BCUT2D eigenvalue weighted by Gasteiger charge is -2.12. The van der Waals surface area contributed by atoms with Crippen LogP contribution in [-0.4, -0.2) is 23.8 Å². The molecule has 0 amide bonds. The molecule has 0 spiro atoms. The van der Waals surface area contributed by atoms with Crippen LogP contribution in [0.4, 0.5) is 0 Å². The van der Waals surface area contributed by atoms with Gasteiger partial charge in [0.25, 0.3) is 0 Å². The third-order valence-corrected chi connectivity index (χ3v) is 2.84. The number of carboxylic acids is 1. The average Bonchev–Trinajstić information content (AvgIpc) is 2.35. The summed E-state index contributed by atoms with van der Waals surface area (Å²) in [6, 6.07) is 0. The quantitative estimate of drug-likeness (QED) is 0.421. The summed E-state index contributed by atoms with van der Waals surface area (Å²) < 4.78 is 5.38. The van der Waals surface area contributed by atoms with E-state index in [0.29, 0.717) is 13.0 Å². The third-order valence-electron chi connectivity index (χ3n) is 2.84. The molecule has 0 fully saturated rings. The van der Waals surface area contributed by atoms with E-state index in [9.17, 15) is 4.79 Å². The maximum absolute atomic E-state index is 10.9. The zero-order chi connectivity index (χ0) is 13.6. The van der Waals surface area contributed by atoms with Gasteiger partial charge in [0.05, 0.1) is 6.61 Å². The zero-order valence-corrected chi connectivity index (χ0v) is 11.9. The molecular formula is C15H28O3. The van der Waals surface area contributed by atoms with Gasteiger partial charge < -0.3 is 9.84 Å². The van der Waals surface area contributed by atoms with Crippen molar-refractivity contribution in [2.24, 2.45) is 0 Å². The fourth-order valence-electron chi connectivity index (χ4n) is 1.69. The molecule has 3 heteroatoms. The van der Waals surface area contributed by atoms with Gasteiger partial charge >= 0.3 is 5.97 Å². The molecule has 0 radical (unpaired) electrons. The normalized spacial score (nSPS) is 13.0. The molecule has 0 aromatic rings. The number of hydrogen-bond donors (Lipinski definition) is 1. The molecule has 106 valence electrons. The van der Waals surface area contributed by atoms with Crippen LogP contribution < -0.4 is 0 Å². The Bertz CT molecular complexity index is 224. The highest BCUT2D eigenvalue weighted by atomic mass is 16.5. The predicted octanol–water partition coefficient (Wildman–Crippen LogP) is 4.17. The van der Waals surface area contributed by atoms with Crippen LogP contribution in [0.2, 0.25) is 0 Å². The second kappa shape index (κ2) is 12.6. The van der Waals surface area contributed by atoms with Crippen molar-refractivity contribution in [3.8, 4) is 0 Å². The lowest BCUT2D eigenvalue weighted by molar-refractivity contribution is -0.150. The number of allylic oxidation sites excluding steroid dienone is 1. The van der Waals surface area contributed by atoms with Crippen LogP contribution >= 0.6 is 0 Å². The highest BCUT2D eigenvalue weighted by Gasteiger charge is 2.16. The predicted molar refractivity (Wildman–Crippen MR) is 74.8 cm³/mol. The molecule has 1 unspecified atom stereocenters. The van der Waals surface area contributed by atoms with Gasteiger partial charge in [-0.05, 0) is 25.7 Å². The highest BCUT2D eigenvalue weighted by molar-refractivity contribution is 5.72. The third kappa shape index (κ3) is 10.3. The first-order valence-corrected chi connectivity index (χ1v) is 7.21. The molecule has 0 bridgehead atoms. The topological polar surface area (TPSA) is 46.5 Å². The highest BCUT2D eigenvalue weighted by Crippen LogP contribution is 2.06. The standard InChI is InChI=1S/C15H28O3/c1-3-5-7-8-9-10-11-13-18-14(15(16)17)12-6-4-2/h9-10,14H,3-8,11-13H2,1-2H3,(H,16,17)/b10-9-. The number of rotatable bonds is 12. The van der Waals surface area contributed by atoms with Crippen LogP contribution in [0.15, 0.2) is 12.2 Å². The van der Waals surface area contributed by atoms with Crippen molar-refractivity contribution < 1.29 is 14.6 Å². The molecule has 0 aliphatic rings. The summed E-state index contributed by atoms with van der Waals surface area (Å²) in [6.07, 6.45) is 11.8. The summed E-state index contributed by atoms with van der Waals surface area (Å²) in [5.41, 5.74) is 0. The van der Waals surface area contributed by atoms with Crippen LogP contribution in [0.1, 0.15) is 65.2 Å². The largest absolute Gasteiger partial charge is 0.479 e. The van der Waals surface area contributed by atoms with E-state index in [2.05, 4.69) is 26.0 Å². The van der Waals surface area contributed by atoms with Crippen LogP contribution in [-0.2, 0) is 9.53 Å². The van der Waals surface area contributed by atoms with Gasteiger partial charge in [-0.25, -0.2) is 4.79 Å². The minimum atomic E-state index is -0.838. The van der Waals surface area contributed by atoms with Crippen molar-refractivity contribution >= 4 is 5.97 Å². The average molecular weight is 256 g/mol. The van der Waals surface area contributed by atoms with Crippen LogP contribution in [0.3, 0.4) is 0 Å². The molecule has 0 saturated heterocycles. The van der Waals surface area contributed by atoms with Gasteiger partial charge in [0, 0.05) is 0 Å². The number of hydrogen-bond acceptors (Lipinski definition) is 2. The van der Waals surface area contributed by atoms with Crippen molar-refractivity contribution in [2.45, 2.75) is 71.3 Å². The first kappa shape index (κ1) is 17.2. The maximum atomic E-state index is 10.9. The SMILES string of the molecule is CCCCC/C=C\CCOC(CCCC)C(=O)O. The van der Waals surface area contributed by atoms with E-state index >= 15 is 0 Å². The van der Waals surface area contributed by atoms with Crippen LogP contribution in [0.5, 0.6) is 0 Å². The van der Waals surface area contributed by atoms with Crippen molar-refractivity contribution in [3.05, 3.63) is 12.2 Å². The van der Waals surface area contributed by atoms with E-state index < -0.39 is 12.1 Å². The number of ether oxygens (including phenoxy) is 1. The van der Waals surface area contributed by atoms with Crippen LogP contribution in [0, 0.1) is 0 Å². The summed E-state index contributed by atoms with van der Waals surface area (Å²) in [7, 11) is 0. The Morgan fingerprint density at radius 2 is 1.78 bits per heavy atom. The van der Waals surface area contributed by atoms with Crippen molar-refractivity contribution in [2.75, 3.05) is 6.61 Å². The fourth-order valence-corrected chi connectivity index (χ4v) is 1.69. The molecule has 0 saturated carbocycles. The summed E-state index contributed by atoms with van der Waals surface area (Å²) in [4.78, 5) is 10.9. The van der Waals surface area contributed by atoms with Gasteiger partial charge in [-0.1, -0.05) is 51.7 Å². The van der Waals surface area contributed by atoms with Gasteiger partial charge in [0.15, 0.2) is 6.10 Å². The number of carboxylic acid groups (broad SMARTS) is 1. The molecule has 1 N–H and O–H groups in total. The Morgan fingerprint density at radius 3 is 2.39 bits per heavy atom. The van der Waals surface area contributed by atoms with Gasteiger partial charge in [0.2, 0.25) is 0 Å². The molecule has 3 nitrogen and oxygen atoms in total. The van der Waals surface area contributed by atoms with E-state index in [-0.39, 0.29) is 0 Å². The molecule has 0 aromatic carbocycles. The molecule has 0 heterocycles. The molecule has 0 aliphatic heterocycles. The summed E-state index contributed by atoms with van der Waals surface area (Å²) in [5.74, 6) is -0.838. The van der Waals surface area contributed by atoms with Crippen molar-refractivity contribution in [1.29, 1.82) is 0 Å². The number of aliphatic carboxylic acids is 1. The molecule has 1 atom stereocenters. The Morgan fingerprint density at radius 1 is 1.11 bits per heavy atom. The van der Waals surface area contributed by atoms with Gasteiger partial charge in [0.1, 0.15) is 0 Å². The van der Waals surface area contributed by atoms with E-state index in [4.69, 9.17) is 9.84 Å². The second-order valence-corrected chi connectivity index (χ2v) is 4.60. The lowest BCUT2D eigenvalue weighted by atomic mass is 10.1. The Labute approximate surface area is 111 Å². The fraction of sp³-hybridized carbons (Fsp3) is 0.800. The number of carbonyl (C=O) groups is 1. The summed E-state index contributed by atoms with van der Waals surface area (Å²) in [5, 5.41) is 8.96. The van der Waals surface area contributed by atoms with E-state index in [1.807, 2.05) is 0 Å². The van der Waals surface area contributed by atoms with Crippen molar-refractivity contribution in [3.63, 3.8) is 0 Å². The molecule has 0 aromatic heterocycles. The van der Waals surface area contributed by atoms with Crippen molar-refractivity contribution in [1.82, 2.24) is 0 Å². The molecule has 18 heavy (non-hydrogen) atoms. The minimum Gasteiger partial charge on any atom is -0.479 e. The Balaban J connectivity index is 3.56. The summed E-state index contributed by atoms with van der Waals surface area (Å²) >= 11 is 0. The minimum absolute atomic E-state index is 0.505. The Kier molecular flexibility index (Phi) is 12.0. The molecule has 0 rings (SSSR count). The van der Waals surface area contributed by atoms with E-state index in [1.54, 1.807) is 0 Å². The van der Waals surface area contributed by atoms with E-state index in [1.165, 1.54) is 19.3 Å². The van der Waals surface area contributed by atoms with Gasteiger partial charge in [-0.2, -0.15) is 0 Å². The van der Waals surface area contributed by atoms with E-state index in [0.717, 1.165) is 25.7 Å². The smallest absolute Gasteiger partial charge is 0.332 e. The second-order valence-electron chi connectivity index (χ2n) is 4.60. The molecule has 0 aliphatic carbocycles. The van der Waals surface area contributed by atoms with Crippen LogP contribution in [0.25, 0.3) is 0 Å². The zero-order valence-electron chi connectivity index (χ0n) is 11.9. The van der Waals surface area contributed by atoms with Gasteiger partial charge in [-0.3, -0.25) is 0 Å². The lowest BCUT2D eigenvalue weighted by Crippen LogP contribution is -2.24.